The number of nitrogens with one attached hydrogen (secondary N) is 1. The highest BCUT2D eigenvalue weighted by Gasteiger charge is 2.35. The van der Waals surface area contributed by atoms with E-state index < -0.39 is 5.92 Å². The van der Waals surface area contributed by atoms with E-state index >= 15 is 0 Å². The van der Waals surface area contributed by atoms with Crippen molar-refractivity contribution >= 4 is 51.6 Å². The number of amides is 2. The summed E-state index contributed by atoms with van der Waals surface area (Å²) in [5.41, 5.74) is 0.680. The van der Waals surface area contributed by atoms with E-state index in [1.165, 1.54) is 15.9 Å². The topological polar surface area (TPSA) is 104 Å². The molecule has 3 rings (SSSR count). The van der Waals surface area contributed by atoms with Crippen molar-refractivity contribution in [2.45, 2.75) is 19.8 Å². The Kier molecular flexibility index (Phi) is 4.56. The minimum atomic E-state index is -0.549. The lowest BCUT2D eigenvalue weighted by Crippen LogP contribution is -2.35. The van der Waals surface area contributed by atoms with Gasteiger partial charge in [0, 0.05) is 31.1 Å². The molecule has 0 saturated heterocycles. The van der Waals surface area contributed by atoms with E-state index in [4.69, 9.17) is 0 Å². The smallest absolute Gasteiger partial charge is 0.265 e. The summed E-state index contributed by atoms with van der Waals surface area (Å²) in [7, 11) is 1.71. The largest absolute Gasteiger partial charge is 0.310 e. The van der Waals surface area contributed by atoms with Crippen LogP contribution >= 0.6 is 15.9 Å². The number of anilines is 1. The second kappa shape index (κ2) is 6.63. The Morgan fingerprint density at radius 2 is 2.21 bits per heavy atom. The molecule has 3 heterocycles. The van der Waals surface area contributed by atoms with Crippen LogP contribution in [0, 0.1) is 12.8 Å². The van der Waals surface area contributed by atoms with Crippen LogP contribution in [0.25, 0.3) is 0 Å². The third kappa shape index (κ3) is 3.14. The maximum absolute atomic E-state index is 12.2. The second-order valence-electron chi connectivity index (χ2n) is 5.41. The normalized spacial score (nSPS) is 19.2. The van der Waals surface area contributed by atoms with Gasteiger partial charge in [-0.3, -0.25) is 14.6 Å². The first kappa shape index (κ1) is 16.5. The van der Waals surface area contributed by atoms with Crippen molar-refractivity contribution in [2.24, 2.45) is 21.0 Å². The molecule has 126 valence electrons. The van der Waals surface area contributed by atoms with E-state index in [1.54, 1.807) is 20.0 Å². The molecule has 2 amide bonds. The van der Waals surface area contributed by atoms with Crippen LogP contribution in [0.4, 0.5) is 5.82 Å². The van der Waals surface area contributed by atoms with Crippen molar-refractivity contribution in [2.75, 3.05) is 17.7 Å². The average Bonchev–Trinajstić information content (AvgIpc) is 3.09. The molecule has 1 aromatic heterocycles. The van der Waals surface area contributed by atoms with Gasteiger partial charge >= 0.3 is 0 Å². The molecule has 0 bridgehead atoms. The highest BCUT2D eigenvalue weighted by molar-refractivity contribution is 9.09. The van der Waals surface area contributed by atoms with Gasteiger partial charge in [0.1, 0.15) is 17.6 Å². The summed E-state index contributed by atoms with van der Waals surface area (Å²) >= 11 is 3.29. The molecule has 0 fully saturated rings. The number of fused-ring (bicyclic) bond motifs is 1. The number of aryl methyl sites for hydroxylation is 1. The predicted octanol–water partition coefficient (Wildman–Crippen LogP) is 0.995. The molecule has 9 nitrogen and oxygen atoms in total. The highest BCUT2D eigenvalue weighted by Crippen LogP contribution is 2.19. The molecule has 2 aliphatic rings. The van der Waals surface area contributed by atoms with Gasteiger partial charge in [0.25, 0.3) is 11.9 Å². The number of alkyl halides is 1. The molecule has 10 heteroatoms. The van der Waals surface area contributed by atoms with Gasteiger partial charge < -0.3 is 5.32 Å². The SMILES string of the molecule is Cc1cc(NC(=O)CCCBr)n(C2=NC(=O)C3C=NN(C)C3=N2)n1. The standard InChI is InChI=1S/C14H16BrN7O2/c1-8-6-10(17-11(23)4-3-5-15)22(20-8)14-18-12-9(13(24)19-14)7-16-21(12)2/h6-7,9H,3-5H2,1-2H3,(H,17,23). The van der Waals surface area contributed by atoms with Gasteiger partial charge in [-0.25, -0.2) is 0 Å². The quantitative estimate of drug-likeness (QED) is 0.770. The van der Waals surface area contributed by atoms with Crippen LogP contribution in [0.3, 0.4) is 0 Å². The van der Waals surface area contributed by atoms with Gasteiger partial charge in [0.2, 0.25) is 5.91 Å². The number of hydrazone groups is 1. The molecule has 0 aromatic carbocycles. The number of aromatic nitrogens is 2. The van der Waals surface area contributed by atoms with Crippen LogP contribution in [0.1, 0.15) is 18.5 Å². The molecule has 1 atom stereocenters. The molecule has 24 heavy (non-hydrogen) atoms. The van der Waals surface area contributed by atoms with Crippen LogP contribution in [0.2, 0.25) is 0 Å². The van der Waals surface area contributed by atoms with Gasteiger partial charge in [0.05, 0.1) is 5.69 Å². The summed E-state index contributed by atoms with van der Waals surface area (Å²) in [5, 5.41) is 13.4. The summed E-state index contributed by atoms with van der Waals surface area (Å²) in [6, 6.07) is 1.71. The average molecular weight is 394 g/mol. The predicted molar refractivity (Wildman–Crippen MR) is 93.6 cm³/mol. The van der Waals surface area contributed by atoms with E-state index in [9.17, 15) is 9.59 Å². The minimum absolute atomic E-state index is 0.118. The zero-order chi connectivity index (χ0) is 17.3. The monoisotopic (exact) mass is 393 g/mol. The minimum Gasteiger partial charge on any atom is -0.310 e. The van der Waals surface area contributed by atoms with E-state index in [-0.39, 0.29) is 17.8 Å². The zero-order valence-electron chi connectivity index (χ0n) is 13.2. The number of hydrogen-bond acceptors (Lipinski definition) is 6. The molecule has 0 radical (unpaired) electrons. The lowest BCUT2D eigenvalue weighted by Gasteiger charge is -2.17. The molecular weight excluding hydrogens is 378 g/mol. The summed E-state index contributed by atoms with van der Waals surface area (Å²) in [5.74, 6) is 0.00980. The van der Waals surface area contributed by atoms with Crippen LogP contribution < -0.4 is 5.32 Å². The summed E-state index contributed by atoms with van der Waals surface area (Å²) in [6.07, 6.45) is 2.62. The highest BCUT2D eigenvalue weighted by atomic mass is 79.9. The zero-order valence-corrected chi connectivity index (χ0v) is 14.8. The van der Waals surface area contributed by atoms with Crippen LogP contribution in [-0.2, 0) is 9.59 Å². The Morgan fingerprint density at radius 1 is 1.42 bits per heavy atom. The second-order valence-corrected chi connectivity index (χ2v) is 6.20. The molecule has 1 aromatic rings. The van der Waals surface area contributed by atoms with Crippen molar-refractivity contribution in [1.29, 1.82) is 0 Å². The number of carbonyl (C=O) groups is 2. The molecule has 2 aliphatic heterocycles. The Balaban J connectivity index is 1.89. The number of aliphatic imine (C=N–C) groups is 2. The maximum Gasteiger partial charge on any atom is 0.265 e. The number of rotatable bonds is 4. The van der Waals surface area contributed by atoms with Crippen molar-refractivity contribution in [1.82, 2.24) is 14.8 Å². The van der Waals surface area contributed by atoms with E-state index in [0.29, 0.717) is 23.8 Å². The van der Waals surface area contributed by atoms with Crippen molar-refractivity contribution in [3.05, 3.63) is 11.8 Å². The molecule has 0 saturated carbocycles. The third-order valence-electron chi connectivity index (χ3n) is 3.52. The van der Waals surface area contributed by atoms with Gasteiger partial charge in [0.15, 0.2) is 0 Å². The lowest BCUT2D eigenvalue weighted by atomic mass is 10.1. The first-order valence-corrected chi connectivity index (χ1v) is 8.53. The van der Waals surface area contributed by atoms with E-state index in [2.05, 4.69) is 41.4 Å². The van der Waals surface area contributed by atoms with E-state index in [1.807, 2.05) is 0 Å². The van der Waals surface area contributed by atoms with Gasteiger partial charge in [-0.05, 0) is 13.3 Å². The van der Waals surface area contributed by atoms with Crippen molar-refractivity contribution in [3.8, 4) is 0 Å². The fraction of sp³-hybridized carbons (Fsp3) is 0.429. The van der Waals surface area contributed by atoms with Crippen LogP contribution in [-0.4, -0.2) is 57.0 Å². The van der Waals surface area contributed by atoms with Gasteiger partial charge in [-0.2, -0.15) is 24.9 Å². The summed E-state index contributed by atoms with van der Waals surface area (Å²) in [6.45, 7) is 1.79. The van der Waals surface area contributed by atoms with Gasteiger partial charge in [-0.15, -0.1) is 0 Å². The Labute approximate surface area is 146 Å². The molecular formula is C14H16BrN7O2. The fourth-order valence-electron chi connectivity index (χ4n) is 2.37. The number of carbonyl (C=O) groups excluding carboxylic acids is 2. The van der Waals surface area contributed by atoms with Crippen molar-refractivity contribution < 1.29 is 9.59 Å². The number of amidine groups is 1. The van der Waals surface area contributed by atoms with Gasteiger partial charge in [-0.1, -0.05) is 15.9 Å². The fourth-order valence-corrected chi connectivity index (χ4v) is 2.65. The number of nitrogens with zero attached hydrogens (tertiary/aromatic N) is 6. The third-order valence-corrected chi connectivity index (χ3v) is 4.08. The summed E-state index contributed by atoms with van der Waals surface area (Å²) < 4.78 is 1.37. The van der Waals surface area contributed by atoms with Crippen LogP contribution in [0.15, 0.2) is 21.2 Å². The molecule has 1 unspecified atom stereocenters. The molecule has 0 aliphatic carbocycles. The number of hydrogen-bond donors (Lipinski definition) is 1. The Bertz CT molecular complexity index is 780. The first-order chi connectivity index (χ1) is 11.5. The van der Waals surface area contributed by atoms with Crippen molar-refractivity contribution in [3.63, 3.8) is 0 Å². The maximum atomic E-state index is 12.2. The lowest BCUT2D eigenvalue weighted by molar-refractivity contribution is -0.118. The summed E-state index contributed by atoms with van der Waals surface area (Å²) in [4.78, 5) is 32.5. The molecule has 1 N–H and O–H groups in total. The number of halogens is 1. The van der Waals surface area contributed by atoms with Crippen LogP contribution in [0.5, 0.6) is 0 Å². The first-order valence-electron chi connectivity index (χ1n) is 7.41. The molecule has 0 spiro atoms. The Hall–Kier alpha value is -2.36. The Morgan fingerprint density at radius 3 is 2.96 bits per heavy atom. The van der Waals surface area contributed by atoms with E-state index in [0.717, 1.165) is 11.8 Å².